The first kappa shape index (κ1) is 27.9. The molecular weight excluding hydrogens is 540 g/mol. The Hall–Kier alpha value is -4.94. The Morgan fingerprint density at radius 1 is 0.636 bits per heavy atom. The summed E-state index contributed by atoms with van der Waals surface area (Å²) in [6, 6.07) is 42.3. The van der Waals surface area contributed by atoms with E-state index in [2.05, 4.69) is 136 Å². The third-order valence-corrected chi connectivity index (χ3v) is 8.74. The first-order valence-electron chi connectivity index (χ1n) is 15.6. The number of rotatable bonds is 9. The minimum Gasteiger partial charge on any atom is -0.369 e. The summed E-state index contributed by atoms with van der Waals surface area (Å²) >= 11 is 0. The zero-order valence-corrected chi connectivity index (χ0v) is 25.0. The average molecular weight is 579 g/mol. The molecule has 0 saturated carbocycles. The van der Waals surface area contributed by atoms with Gasteiger partial charge in [0.15, 0.2) is 0 Å². The molecule has 1 aliphatic rings. The van der Waals surface area contributed by atoms with Crippen molar-refractivity contribution >= 4 is 16.7 Å². The molecule has 1 N–H and O–H groups in total. The third-order valence-electron chi connectivity index (χ3n) is 8.74. The van der Waals surface area contributed by atoms with Crippen LogP contribution >= 0.6 is 0 Å². The Morgan fingerprint density at radius 3 is 1.89 bits per heavy atom. The number of hydrogen-bond acceptors (Lipinski definition) is 4. The maximum atomic E-state index is 9.52. The van der Waals surface area contributed by atoms with Crippen LogP contribution in [0.15, 0.2) is 128 Å². The molecular formula is C38H38N6. The van der Waals surface area contributed by atoms with Crippen molar-refractivity contribution in [2.75, 3.05) is 37.6 Å². The number of benzene rings is 4. The number of fused-ring (bicyclic) bond motifs is 1. The van der Waals surface area contributed by atoms with E-state index in [1.54, 1.807) is 0 Å². The second-order valence-electron chi connectivity index (χ2n) is 11.5. The van der Waals surface area contributed by atoms with Crippen molar-refractivity contribution in [1.82, 2.24) is 19.0 Å². The molecule has 2 aromatic heterocycles. The summed E-state index contributed by atoms with van der Waals surface area (Å²) < 4.78 is 4.34. The van der Waals surface area contributed by atoms with Gasteiger partial charge in [0, 0.05) is 50.5 Å². The Balaban J connectivity index is 1.21. The van der Waals surface area contributed by atoms with E-state index in [4.69, 9.17) is 4.98 Å². The molecule has 3 heterocycles. The first-order valence-corrected chi connectivity index (χ1v) is 15.6. The van der Waals surface area contributed by atoms with Gasteiger partial charge >= 0.3 is 0 Å². The molecule has 6 aromatic rings. The molecule has 0 unspecified atom stereocenters. The normalized spacial score (nSPS) is 13.9. The molecule has 0 radical (unpaired) electrons. The van der Waals surface area contributed by atoms with Crippen LogP contribution in [0.25, 0.3) is 33.4 Å². The van der Waals surface area contributed by atoms with Crippen molar-refractivity contribution < 1.29 is 0 Å². The van der Waals surface area contributed by atoms with E-state index < -0.39 is 0 Å². The number of anilines is 1. The highest BCUT2D eigenvalue weighted by Crippen LogP contribution is 2.39. The van der Waals surface area contributed by atoms with Gasteiger partial charge in [0.2, 0.25) is 0 Å². The van der Waals surface area contributed by atoms with Gasteiger partial charge in [-0.25, -0.2) is 4.98 Å². The predicted molar refractivity (Wildman–Crippen MR) is 180 cm³/mol. The Morgan fingerprint density at radius 2 is 1.23 bits per heavy atom. The Bertz CT molecular complexity index is 1870. The van der Waals surface area contributed by atoms with Crippen molar-refractivity contribution in [3.8, 4) is 22.4 Å². The topological polar surface area (TPSA) is 53.1 Å². The van der Waals surface area contributed by atoms with Gasteiger partial charge in [-0.3, -0.25) is 10.3 Å². The molecule has 1 saturated heterocycles. The quantitative estimate of drug-likeness (QED) is 0.203. The summed E-state index contributed by atoms with van der Waals surface area (Å²) in [5, 5.41) is 10.4. The minimum atomic E-state index is 0.520. The third kappa shape index (κ3) is 5.69. The van der Waals surface area contributed by atoms with Gasteiger partial charge < -0.3 is 14.0 Å². The van der Waals surface area contributed by atoms with Gasteiger partial charge in [0.1, 0.15) is 11.1 Å². The number of nitrogens with one attached hydrogen (secondary N) is 1. The van der Waals surface area contributed by atoms with E-state index in [1.807, 2.05) is 10.9 Å². The fourth-order valence-electron chi connectivity index (χ4n) is 6.49. The van der Waals surface area contributed by atoms with Crippen LogP contribution in [0.4, 0.5) is 5.69 Å². The molecule has 1 aliphatic heterocycles. The monoisotopic (exact) mass is 578 g/mol. The van der Waals surface area contributed by atoms with Crippen molar-refractivity contribution in [2.24, 2.45) is 0 Å². The zero-order valence-electron chi connectivity index (χ0n) is 25.0. The van der Waals surface area contributed by atoms with Crippen LogP contribution in [0.3, 0.4) is 0 Å². The molecule has 6 heteroatoms. The highest BCUT2D eigenvalue weighted by molar-refractivity contribution is 6.02. The van der Waals surface area contributed by atoms with Gasteiger partial charge in [-0.2, -0.15) is 0 Å². The molecule has 1 fully saturated rings. The summed E-state index contributed by atoms with van der Waals surface area (Å²) in [6.07, 6.45) is 2.86. The second kappa shape index (κ2) is 12.7. The Labute approximate surface area is 259 Å². The second-order valence-corrected chi connectivity index (χ2v) is 11.5. The van der Waals surface area contributed by atoms with Crippen LogP contribution in [0, 0.1) is 5.41 Å². The van der Waals surface area contributed by atoms with Crippen LogP contribution in [0.2, 0.25) is 0 Å². The number of para-hydroxylation sites is 1. The van der Waals surface area contributed by atoms with Gasteiger partial charge in [-0.05, 0) is 41.8 Å². The van der Waals surface area contributed by atoms with E-state index in [9.17, 15) is 5.41 Å². The maximum absolute atomic E-state index is 9.52. The highest BCUT2D eigenvalue weighted by Gasteiger charge is 2.23. The lowest BCUT2D eigenvalue weighted by atomic mass is 9.99. The average Bonchev–Trinajstić information content (AvgIpc) is 3.42. The maximum Gasteiger partial charge on any atom is 0.146 e. The SMILES string of the molecule is N=c1c2c(-c3ccccc3)c(-c3ccccc3)n(Cc3ccccc3)c2ncn1CCCN1CCN(c2ccccc2)CC1. The molecule has 0 spiro atoms. The number of hydrogen-bond donors (Lipinski definition) is 1. The standard InChI is InChI=1S/C38H38N6/c39-37-35-34(31-16-7-2-8-17-31)36(32-18-9-3-10-19-32)44(28-30-14-5-1-6-15-30)38(35)40-29-43(37)23-13-22-41-24-26-42(27-25-41)33-20-11-4-12-21-33/h1-12,14-21,29,39H,13,22-28H2. The lowest BCUT2D eigenvalue weighted by molar-refractivity contribution is 0.250. The summed E-state index contributed by atoms with van der Waals surface area (Å²) in [7, 11) is 0. The number of piperazine rings is 1. The van der Waals surface area contributed by atoms with Gasteiger partial charge in [-0.1, -0.05) is 109 Å². The number of nitrogens with zero attached hydrogens (tertiary/aromatic N) is 5. The van der Waals surface area contributed by atoms with Crippen molar-refractivity contribution in [3.05, 3.63) is 139 Å². The highest BCUT2D eigenvalue weighted by atomic mass is 15.3. The van der Waals surface area contributed by atoms with Gasteiger partial charge in [0.05, 0.1) is 17.4 Å². The van der Waals surface area contributed by atoms with Gasteiger partial charge in [-0.15, -0.1) is 0 Å². The van der Waals surface area contributed by atoms with Crippen LogP contribution in [-0.2, 0) is 13.1 Å². The zero-order chi connectivity index (χ0) is 29.7. The number of aromatic nitrogens is 3. The van der Waals surface area contributed by atoms with Crippen LogP contribution in [0.1, 0.15) is 12.0 Å². The van der Waals surface area contributed by atoms with E-state index in [1.165, 1.54) is 11.3 Å². The molecule has 0 amide bonds. The smallest absolute Gasteiger partial charge is 0.146 e. The van der Waals surface area contributed by atoms with E-state index >= 15 is 0 Å². The summed E-state index contributed by atoms with van der Waals surface area (Å²) in [5.41, 5.74) is 8.30. The predicted octanol–water partition coefficient (Wildman–Crippen LogP) is 6.91. The molecule has 44 heavy (non-hydrogen) atoms. The Kier molecular flexibility index (Phi) is 8.07. The van der Waals surface area contributed by atoms with E-state index in [0.29, 0.717) is 12.0 Å². The number of aryl methyl sites for hydroxylation is 1. The molecule has 0 atom stereocenters. The fourth-order valence-corrected chi connectivity index (χ4v) is 6.49. The minimum absolute atomic E-state index is 0.520. The van der Waals surface area contributed by atoms with E-state index in [0.717, 1.165) is 79.1 Å². The summed E-state index contributed by atoms with van der Waals surface area (Å²) in [4.78, 5) is 10.1. The summed E-state index contributed by atoms with van der Waals surface area (Å²) in [6.45, 7) is 6.68. The molecule has 7 rings (SSSR count). The molecule has 220 valence electrons. The van der Waals surface area contributed by atoms with Crippen molar-refractivity contribution in [1.29, 1.82) is 5.41 Å². The van der Waals surface area contributed by atoms with Crippen LogP contribution in [-0.4, -0.2) is 51.7 Å². The fraction of sp³-hybridized carbons (Fsp3) is 0.211. The van der Waals surface area contributed by atoms with Crippen molar-refractivity contribution in [2.45, 2.75) is 19.5 Å². The van der Waals surface area contributed by atoms with Crippen LogP contribution < -0.4 is 10.4 Å². The first-order chi connectivity index (χ1) is 21.8. The molecule has 4 aromatic carbocycles. The lowest BCUT2D eigenvalue weighted by Crippen LogP contribution is -2.46. The van der Waals surface area contributed by atoms with Crippen LogP contribution in [0.5, 0.6) is 0 Å². The largest absolute Gasteiger partial charge is 0.369 e. The summed E-state index contributed by atoms with van der Waals surface area (Å²) in [5.74, 6) is 0. The molecule has 0 aliphatic carbocycles. The molecule has 6 nitrogen and oxygen atoms in total. The van der Waals surface area contributed by atoms with Gasteiger partial charge in [0.25, 0.3) is 0 Å². The molecule has 0 bridgehead atoms. The van der Waals surface area contributed by atoms with E-state index in [-0.39, 0.29) is 0 Å². The van der Waals surface area contributed by atoms with Crippen molar-refractivity contribution in [3.63, 3.8) is 0 Å². The lowest BCUT2D eigenvalue weighted by Gasteiger charge is -2.36.